The third-order valence-electron chi connectivity index (χ3n) is 6.47. The van der Waals surface area contributed by atoms with Crippen molar-refractivity contribution >= 4 is 5.91 Å². The minimum atomic E-state index is -0.0677. The van der Waals surface area contributed by atoms with Crippen molar-refractivity contribution in [2.45, 2.75) is 66.0 Å². The van der Waals surface area contributed by atoms with Gasteiger partial charge in [-0.15, -0.1) is 0 Å². The largest absolute Gasteiger partial charge is 0.345 e. The molecule has 0 radical (unpaired) electrons. The molecule has 0 aromatic rings. The molecule has 19 heavy (non-hydrogen) atoms. The number of hydrogen-bond acceptors (Lipinski definition) is 2. The number of fused-ring (bicyclic) bond motifs is 2. The number of carbonyl (C=O) groups is 1. The Balaban J connectivity index is 2.04. The Labute approximate surface area is 118 Å². The Bertz CT molecular complexity index is 366. The molecule has 3 heteroatoms. The van der Waals surface area contributed by atoms with E-state index in [1.807, 2.05) is 20.9 Å². The molecule has 2 bridgehead atoms. The lowest BCUT2D eigenvalue weighted by Gasteiger charge is -2.40. The highest BCUT2D eigenvalue weighted by molar-refractivity contribution is 5.81. The molecule has 2 fully saturated rings. The van der Waals surface area contributed by atoms with Crippen LogP contribution in [0.4, 0.5) is 0 Å². The van der Waals surface area contributed by atoms with Gasteiger partial charge < -0.3 is 10.2 Å². The molecule has 0 aromatic carbocycles. The molecule has 0 heterocycles. The molecule has 0 saturated heterocycles. The maximum absolute atomic E-state index is 12.2. The van der Waals surface area contributed by atoms with Crippen molar-refractivity contribution in [1.82, 2.24) is 10.2 Å². The normalized spacial score (nSPS) is 37.4. The van der Waals surface area contributed by atoms with E-state index in [1.54, 1.807) is 4.90 Å². The topological polar surface area (TPSA) is 32.3 Å². The highest BCUT2D eigenvalue weighted by atomic mass is 16.2. The zero-order chi connectivity index (χ0) is 14.4. The molecule has 0 aliphatic heterocycles. The van der Waals surface area contributed by atoms with Gasteiger partial charge in [-0.1, -0.05) is 20.8 Å². The summed E-state index contributed by atoms with van der Waals surface area (Å²) in [4.78, 5) is 14.0. The lowest BCUT2D eigenvalue weighted by atomic mass is 9.69. The molecule has 2 aliphatic rings. The molecule has 2 rings (SSSR count). The summed E-state index contributed by atoms with van der Waals surface area (Å²) in [7, 11) is 1.88. The molecule has 1 N–H and O–H groups in total. The number of rotatable bonds is 4. The number of carbonyl (C=O) groups excluding carboxylic acids is 1. The Kier molecular flexibility index (Phi) is 3.72. The predicted molar refractivity (Wildman–Crippen MR) is 78.9 cm³/mol. The summed E-state index contributed by atoms with van der Waals surface area (Å²) in [6.45, 7) is 12.1. The van der Waals surface area contributed by atoms with Crippen LogP contribution in [-0.2, 0) is 4.79 Å². The number of likely N-dealkylation sites (N-methyl/N-ethyl adjacent to an activating group) is 1. The van der Waals surface area contributed by atoms with Gasteiger partial charge in [-0.3, -0.25) is 4.79 Å². The van der Waals surface area contributed by atoms with Crippen molar-refractivity contribution in [2.75, 3.05) is 13.6 Å². The summed E-state index contributed by atoms with van der Waals surface area (Å²) in [6.07, 6.45) is 3.89. The van der Waals surface area contributed by atoms with E-state index in [9.17, 15) is 4.79 Å². The molecular formula is C16H30N2O. The van der Waals surface area contributed by atoms with Crippen molar-refractivity contribution in [2.24, 2.45) is 16.7 Å². The van der Waals surface area contributed by atoms with Gasteiger partial charge in [-0.25, -0.2) is 0 Å². The second-order valence-corrected chi connectivity index (χ2v) is 7.40. The third-order valence-corrected chi connectivity index (χ3v) is 6.47. The number of nitrogens with one attached hydrogen (secondary N) is 1. The standard InChI is InChI=1S/C16H30N2O/c1-7-18(6)14(19)11(2)17-13-10-12-8-9-16(13,5)15(12,3)4/h11-13,17H,7-10H2,1-6H3. The summed E-state index contributed by atoms with van der Waals surface area (Å²) in [5.74, 6) is 1.04. The summed E-state index contributed by atoms with van der Waals surface area (Å²) < 4.78 is 0. The first kappa shape index (κ1) is 14.8. The molecule has 110 valence electrons. The van der Waals surface area contributed by atoms with Crippen LogP contribution in [0.25, 0.3) is 0 Å². The fourth-order valence-corrected chi connectivity index (χ4v) is 4.32. The molecule has 0 spiro atoms. The van der Waals surface area contributed by atoms with Crippen LogP contribution in [0.1, 0.15) is 53.9 Å². The maximum atomic E-state index is 12.2. The van der Waals surface area contributed by atoms with E-state index in [1.165, 1.54) is 19.3 Å². The average Bonchev–Trinajstić information content (AvgIpc) is 2.69. The third kappa shape index (κ3) is 2.10. The summed E-state index contributed by atoms with van der Waals surface area (Å²) in [6, 6.07) is 0.424. The van der Waals surface area contributed by atoms with Crippen molar-refractivity contribution in [3.8, 4) is 0 Å². The van der Waals surface area contributed by atoms with Crippen molar-refractivity contribution in [3.05, 3.63) is 0 Å². The maximum Gasteiger partial charge on any atom is 0.239 e. The Hall–Kier alpha value is -0.570. The van der Waals surface area contributed by atoms with Crippen LogP contribution in [0.5, 0.6) is 0 Å². The monoisotopic (exact) mass is 266 g/mol. The van der Waals surface area contributed by atoms with Gasteiger partial charge >= 0.3 is 0 Å². The fraction of sp³-hybridized carbons (Fsp3) is 0.938. The van der Waals surface area contributed by atoms with Crippen LogP contribution in [0.15, 0.2) is 0 Å². The number of hydrogen-bond donors (Lipinski definition) is 1. The number of nitrogens with zero attached hydrogens (tertiary/aromatic N) is 1. The first-order valence-electron chi connectivity index (χ1n) is 7.75. The van der Waals surface area contributed by atoms with E-state index in [0.717, 1.165) is 12.5 Å². The molecule has 3 nitrogen and oxygen atoms in total. The van der Waals surface area contributed by atoms with E-state index < -0.39 is 0 Å². The van der Waals surface area contributed by atoms with Crippen LogP contribution in [0.3, 0.4) is 0 Å². The first-order valence-corrected chi connectivity index (χ1v) is 7.75. The van der Waals surface area contributed by atoms with E-state index in [4.69, 9.17) is 0 Å². The fourth-order valence-electron chi connectivity index (χ4n) is 4.32. The zero-order valence-corrected chi connectivity index (χ0v) is 13.4. The summed E-state index contributed by atoms with van der Waals surface area (Å²) >= 11 is 0. The van der Waals surface area contributed by atoms with Gasteiger partial charge in [0.15, 0.2) is 0 Å². The molecule has 1 amide bonds. The van der Waals surface area contributed by atoms with E-state index >= 15 is 0 Å². The lowest BCUT2D eigenvalue weighted by molar-refractivity contribution is -0.132. The molecule has 2 aliphatic carbocycles. The highest BCUT2D eigenvalue weighted by Gasteiger charge is 2.61. The lowest BCUT2D eigenvalue weighted by Crippen LogP contribution is -2.52. The number of amides is 1. The minimum Gasteiger partial charge on any atom is -0.345 e. The molecular weight excluding hydrogens is 236 g/mol. The van der Waals surface area contributed by atoms with Gasteiger partial charge in [0, 0.05) is 19.6 Å². The molecule has 4 unspecified atom stereocenters. The van der Waals surface area contributed by atoms with Gasteiger partial charge in [0.1, 0.15) is 0 Å². The van der Waals surface area contributed by atoms with Gasteiger partial charge in [0.2, 0.25) is 5.91 Å². The smallest absolute Gasteiger partial charge is 0.239 e. The predicted octanol–water partition coefficient (Wildman–Crippen LogP) is 2.66. The molecule has 4 atom stereocenters. The Morgan fingerprint density at radius 2 is 2.05 bits per heavy atom. The summed E-state index contributed by atoms with van der Waals surface area (Å²) in [5.41, 5.74) is 0.751. The van der Waals surface area contributed by atoms with Crippen LogP contribution >= 0.6 is 0 Å². The van der Waals surface area contributed by atoms with Gasteiger partial charge in [-0.05, 0) is 49.9 Å². The first-order chi connectivity index (χ1) is 8.74. The van der Waals surface area contributed by atoms with Crippen molar-refractivity contribution in [1.29, 1.82) is 0 Å². The van der Waals surface area contributed by atoms with E-state index in [-0.39, 0.29) is 11.9 Å². The van der Waals surface area contributed by atoms with Gasteiger partial charge in [0.05, 0.1) is 6.04 Å². The van der Waals surface area contributed by atoms with Crippen LogP contribution in [-0.4, -0.2) is 36.5 Å². The van der Waals surface area contributed by atoms with Crippen molar-refractivity contribution in [3.63, 3.8) is 0 Å². The Morgan fingerprint density at radius 3 is 2.47 bits per heavy atom. The quantitative estimate of drug-likeness (QED) is 0.848. The SMILES string of the molecule is CCN(C)C(=O)C(C)NC1CC2CCC1(C)C2(C)C. The zero-order valence-electron chi connectivity index (χ0n) is 13.4. The average molecular weight is 266 g/mol. The van der Waals surface area contributed by atoms with Gasteiger partial charge in [-0.2, -0.15) is 0 Å². The second kappa shape index (κ2) is 4.76. The van der Waals surface area contributed by atoms with Crippen LogP contribution in [0, 0.1) is 16.7 Å². The van der Waals surface area contributed by atoms with Crippen LogP contribution < -0.4 is 5.32 Å². The van der Waals surface area contributed by atoms with Crippen molar-refractivity contribution < 1.29 is 4.79 Å². The van der Waals surface area contributed by atoms with E-state index in [2.05, 4.69) is 26.1 Å². The summed E-state index contributed by atoms with van der Waals surface area (Å²) in [5, 5.41) is 3.63. The molecule has 0 aromatic heterocycles. The van der Waals surface area contributed by atoms with Gasteiger partial charge in [0.25, 0.3) is 0 Å². The second-order valence-electron chi connectivity index (χ2n) is 7.40. The van der Waals surface area contributed by atoms with E-state index in [0.29, 0.717) is 16.9 Å². The Morgan fingerprint density at radius 1 is 1.42 bits per heavy atom. The highest BCUT2D eigenvalue weighted by Crippen LogP contribution is 2.65. The minimum absolute atomic E-state index is 0.0677. The molecule has 2 saturated carbocycles. The van der Waals surface area contributed by atoms with Crippen LogP contribution in [0.2, 0.25) is 0 Å².